The molecule has 3 rings (SSSR count). The van der Waals surface area contributed by atoms with Crippen LogP contribution < -0.4 is 0 Å². The zero-order valence-electron chi connectivity index (χ0n) is 14.4. The second kappa shape index (κ2) is 8.10. The van der Waals surface area contributed by atoms with Gasteiger partial charge in [-0.25, -0.2) is 9.67 Å². The molecule has 1 saturated heterocycles. The van der Waals surface area contributed by atoms with Gasteiger partial charge >= 0.3 is 0 Å². The van der Waals surface area contributed by atoms with Crippen molar-refractivity contribution in [2.24, 2.45) is 0 Å². The van der Waals surface area contributed by atoms with Crippen LogP contribution in [-0.4, -0.2) is 53.0 Å². The van der Waals surface area contributed by atoms with Crippen LogP contribution in [-0.2, 0) is 11.3 Å². The van der Waals surface area contributed by atoms with Crippen LogP contribution in [0.2, 0.25) is 5.02 Å². The van der Waals surface area contributed by atoms with Gasteiger partial charge in [0.1, 0.15) is 11.6 Å². The number of piperidine rings is 1. The molecule has 2 aromatic rings. The normalized spacial score (nSPS) is 18.9. The topological polar surface area (TPSA) is 43.2 Å². The molecule has 0 radical (unpaired) electrons. The summed E-state index contributed by atoms with van der Waals surface area (Å²) < 4.78 is 7.27. The Balaban J connectivity index is 1.74. The molecule has 24 heavy (non-hydrogen) atoms. The zero-order chi connectivity index (χ0) is 16.9. The molecule has 1 aliphatic heterocycles. The van der Waals surface area contributed by atoms with E-state index in [9.17, 15) is 0 Å². The summed E-state index contributed by atoms with van der Waals surface area (Å²) in [7, 11) is 1.76. The van der Waals surface area contributed by atoms with Gasteiger partial charge in [0.2, 0.25) is 0 Å². The lowest BCUT2D eigenvalue weighted by Gasteiger charge is -2.32. The summed E-state index contributed by atoms with van der Waals surface area (Å²) in [5.41, 5.74) is 1.19. The third-order valence-electron chi connectivity index (χ3n) is 4.53. The van der Waals surface area contributed by atoms with Crippen LogP contribution in [0.5, 0.6) is 0 Å². The fourth-order valence-corrected chi connectivity index (χ4v) is 3.47. The van der Waals surface area contributed by atoms with Gasteiger partial charge in [-0.05, 0) is 44.0 Å². The number of hydrogen-bond donors (Lipinski definition) is 0. The van der Waals surface area contributed by atoms with Crippen LogP contribution in [0.3, 0.4) is 0 Å². The molecule has 0 unspecified atom stereocenters. The van der Waals surface area contributed by atoms with E-state index in [0.29, 0.717) is 5.92 Å². The second-order valence-corrected chi connectivity index (χ2v) is 6.87. The van der Waals surface area contributed by atoms with Crippen molar-refractivity contribution in [2.75, 3.05) is 33.4 Å². The molecule has 0 amide bonds. The molecule has 130 valence electrons. The fourth-order valence-electron chi connectivity index (χ4n) is 3.34. The van der Waals surface area contributed by atoms with E-state index in [4.69, 9.17) is 21.3 Å². The zero-order valence-corrected chi connectivity index (χ0v) is 15.2. The highest BCUT2D eigenvalue weighted by atomic mass is 35.5. The summed E-state index contributed by atoms with van der Waals surface area (Å²) in [6, 6.07) is 7.95. The molecule has 1 atom stereocenters. The molecule has 2 heterocycles. The van der Waals surface area contributed by atoms with E-state index in [-0.39, 0.29) is 0 Å². The predicted octanol–water partition coefficient (Wildman–Crippen LogP) is 3.11. The second-order valence-electron chi connectivity index (χ2n) is 6.43. The Kier molecular flexibility index (Phi) is 5.87. The van der Waals surface area contributed by atoms with Gasteiger partial charge in [0.05, 0.1) is 13.2 Å². The number of rotatable bonds is 6. The van der Waals surface area contributed by atoms with Crippen molar-refractivity contribution in [1.29, 1.82) is 0 Å². The number of methoxy groups -OCH3 is 1. The van der Waals surface area contributed by atoms with Crippen LogP contribution in [0.1, 0.15) is 36.0 Å². The summed E-state index contributed by atoms with van der Waals surface area (Å²) in [5.74, 6) is 2.38. The van der Waals surface area contributed by atoms with E-state index in [0.717, 1.165) is 49.5 Å². The maximum atomic E-state index is 5.98. The molecular weight excluding hydrogens is 324 g/mol. The van der Waals surface area contributed by atoms with Gasteiger partial charge in [0.15, 0.2) is 0 Å². The lowest BCUT2D eigenvalue weighted by atomic mass is 9.97. The van der Waals surface area contributed by atoms with Crippen molar-refractivity contribution in [3.63, 3.8) is 0 Å². The number of likely N-dealkylation sites (tertiary alicyclic amines) is 1. The molecule has 0 aliphatic carbocycles. The molecule has 1 aliphatic rings. The van der Waals surface area contributed by atoms with Crippen LogP contribution in [0, 0.1) is 6.92 Å². The first kappa shape index (κ1) is 17.4. The Morgan fingerprint density at radius 3 is 2.83 bits per heavy atom. The average molecular weight is 349 g/mol. The minimum absolute atomic E-state index is 0.434. The van der Waals surface area contributed by atoms with E-state index in [1.54, 1.807) is 7.11 Å². The van der Waals surface area contributed by atoms with E-state index >= 15 is 0 Å². The van der Waals surface area contributed by atoms with Gasteiger partial charge in [0, 0.05) is 31.1 Å². The van der Waals surface area contributed by atoms with Crippen LogP contribution in [0.4, 0.5) is 0 Å². The number of benzene rings is 1. The summed E-state index contributed by atoms with van der Waals surface area (Å²) in [6.45, 7) is 6.64. The molecule has 0 spiro atoms. The molecular formula is C18H25ClN4O. The van der Waals surface area contributed by atoms with Gasteiger partial charge < -0.3 is 9.64 Å². The lowest BCUT2D eigenvalue weighted by Crippen LogP contribution is -2.37. The minimum atomic E-state index is 0.434. The van der Waals surface area contributed by atoms with Crippen molar-refractivity contribution < 1.29 is 4.74 Å². The van der Waals surface area contributed by atoms with Crippen molar-refractivity contribution in [3.05, 3.63) is 46.5 Å². The molecule has 0 N–H and O–H groups in total. The average Bonchev–Trinajstić information content (AvgIpc) is 2.96. The van der Waals surface area contributed by atoms with E-state index < -0.39 is 0 Å². The monoisotopic (exact) mass is 348 g/mol. The van der Waals surface area contributed by atoms with Gasteiger partial charge in [-0.2, -0.15) is 5.10 Å². The van der Waals surface area contributed by atoms with Crippen molar-refractivity contribution in [1.82, 2.24) is 19.7 Å². The van der Waals surface area contributed by atoms with E-state index in [2.05, 4.69) is 26.8 Å². The number of hydrogen-bond acceptors (Lipinski definition) is 4. The Labute approximate surface area is 148 Å². The number of halogens is 1. The molecule has 0 bridgehead atoms. The predicted molar refractivity (Wildman–Crippen MR) is 95.6 cm³/mol. The number of aromatic nitrogens is 3. The van der Waals surface area contributed by atoms with Crippen molar-refractivity contribution in [3.8, 4) is 0 Å². The largest absolute Gasteiger partial charge is 0.383 e. The smallest absolute Gasteiger partial charge is 0.147 e. The van der Waals surface area contributed by atoms with Gasteiger partial charge in [-0.3, -0.25) is 0 Å². The van der Waals surface area contributed by atoms with Gasteiger partial charge in [-0.15, -0.1) is 0 Å². The minimum Gasteiger partial charge on any atom is -0.383 e. The lowest BCUT2D eigenvalue weighted by molar-refractivity contribution is 0.126. The van der Waals surface area contributed by atoms with Crippen molar-refractivity contribution in [2.45, 2.75) is 32.2 Å². The summed E-state index contributed by atoms with van der Waals surface area (Å²) in [5, 5.41) is 5.38. The Hall–Kier alpha value is -1.43. The van der Waals surface area contributed by atoms with Crippen LogP contribution >= 0.6 is 11.6 Å². The number of ether oxygens (including phenoxy) is 1. The maximum Gasteiger partial charge on any atom is 0.147 e. The fraction of sp³-hybridized carbons (Fsp3) is 0.556. The van der Waals surface area contributed by atoms with Gasteiger partial charge in [-0.1, -0.05) is 23.7 Å². The first-order valence-electron chi connectivity index (χ1n) is 8.53. The highest BCUT2D eigenvalue weighted by Crippen LogP contribution is 2.26. The first-order valence-corrected chi connectivity index (χ1v) is 8.90. The first-order chi connectivity index (χ1) is 11.7. The van der Waals surface area contributed by atoms with Crippen LogP contribution in [0.25, 0.3) is 0 Å². The number of aryl methyl sites for hydroxylation is 1. The number of nitrogens with zero attached hydrogens (tertiary/aromatic N) is 4. The van der Waals surface area contributed by atoms with E-state index in [1.807, 2.05) is 19.1 Å². The third kappa shape index (κ3) is 4.35. The van der Waals surface area contributed by atoms with Crippen molar-refractivity contribution >= 4 is 11.6 Å². The Bertz CT molecular complexity index is 656. The SMILES string of the molecule is COCCN1CCC[C@H](c2nc(C)nn2Cc2ccc(Cl)cc2)C1. The van der Waals surface area contributed by atoms with Crippen LogP contribution in [0.15, 0.2) is 24.3 Å². The summed E-state index contributed by atoms with van der Waals surface area (Å²) >= 11 is 5.98. The maximum absolute atomic E-state index is 5.98. The molecule has 6 heteroatoms. The quantitative estimate of drug-likeness (QED) is 0.804. The highest BCUT2D eigenvalue weighted by molar-refractivity contribution is 6.30. The molecule has 5 nitrogen and oxygen atoms in total. The molecule has 1 aromatic heterocycles. The molecule has 1 fully saturated rings. The Morgan fingerprint density at radius 1 is 1.29 bits per heavy atom. The Morgan fingerprint density at radius 2 is 2.08 bits per heavy atom. The van der Waals surface area contributed by atoms with Gasteiger partial charge in [0.25, 0.3) is 0 Å². The standard InChI is InChI=1S/C18H25ClN4O/c1-14-20-18(16-4-3-9-22(13-16)10-11-24-2)23(21-14)12-15-5-7-17(19)8-6-15/h5-8,16H,3-4,9-13H2,1-2H3/t16-/m0/s1. The summed E-state index contributed by atoms with van der Waals surface area (Å²) in [4.78, 5) is 7.20. The third-order valence-corrected chi connectivity index (χ3v) is 4.79. The summed E-state index contributed by atoms with van der Waals surface area (Å²) in [6.07, 6.45) is 2.36. The highest BCUT2D eigenvalue weighted by Gasteiger charge is 2.25. The molecule has 0 saturated carbocycles. The van der Waals surface area contributed by atoms with E-state index in [1.165, 1.54) is 18.4 Å². The molecule has 1 aromatic carbocycles.